The molecule has 0 aliphatic carbocycles. The van der Waals surface area contributed by atoms with E-state index in [4.69, 9.17) is 4.52 Å². The molecule has 0 atom stereocenters. The summed E-state index contributed by atoms with van der Waals surface area (Å²) in [7, 11) is 0. The summed E-state index contributed by atoms with van der Waals surface area (Å²) in [6, 6.07) is 8.85. The summed E-state index contributed by atoms with van der Waals surface area (Å²) < 4.78 is 7.17. The van der Waals surface area contributed by atoms with Crippen molar-refractivity contribution in [1.29, 1.82) is 0 Å². The minimum Gasteiger partial charge on any atom is -0.364 e. The number of carbonyl (C=O) groups is 1. The number of likely N-dealkylation sites (tertiary alicyclic amines) is 1. The van der Waals surface area contributed by atoms with E-state index in [1.54, 1.807) is 6.92 Å². The minimum absolute atomic E-state index is 0.00999. The number of hydrogen-bond donors (Lipinski definition) is 0. The van der Waals surface area contributed by atoms with E-state index in [1.807, 2.05) is 11.1 Å². The molecule has 1 aliphatic rings. The summed E-state index contributed by atoms with van der Waals surface area (Å²) in [5, 5.41) is 3.82. The first-order valence-electron chi connectivity index (χ1n) is 10.3. The number of rotatable bonds is 5. The van der Waals surface area contributed by atoms with Gasteiger partial charge in [0.2, 0.25) is 0 Å². The van der Waals surface area contributed by atoms with Crippen LogP contribution in [0.1, 0.15) is 71.5 Å². The van der Waals surface area contributed by atoms with Crippen molar-refractivity contribution in [3.8, 4) is 0 Å². The summed E-state index contributed by atoms with van der Waals surface area (Å²) in [5.74, 6) is 2.04. The smallest absolute Gasteiger partial charge is 0.259 e. The van der Waals surface area contributed by atoms with E-state index in [0.29, 0.717) is 23.1 Å². The van der Waals surface area contributed by atoms with Gasteiger partial charge in [0.1, 0.15) is 17.7 Å². The van der Waals surface area contributed by atoms with Gasteiger partial charge in [0.25, 0.3) is 5.91 Å². The molecule has 0 radical (unpaired) electrons. The molecule has 1 fully saturated rings. The van der Waals surface area contributed by atoms with Gasteiger partial charge in [-0.25, -0.2) is 4.98 Å². The van der Waals surface area contributed by atoms with E-state index in [1.165, 1.54) is 17.4 Å². The molecule has 4 rings (SSSR count). The van der Waals surface area contributed by atoms with Gasteiger partial charge < -0.3 is 14.0 Å². The fourth-order valence-corrected chi connectivity index (χ4v) is 4.03. The zero-order chi connectivity index (χ0) is 20.4. The lowest BCUT2D eigenvalue weighted by molar-refractivity contribution is 0.0709. The molecular weight excluding hydrogens is 364 g/mol. The number of hydrogen-bond acceptors (Lipinski definition) is 4. The van der Waals surface area contributed by atoms with Crippen molar-refractivity contribution < 1.29 is 9.32 Å². The number of piperidine rings is 1. The van der Waals surface area contributed by atoms with E-state index < -0.39 is 0 Å². The second-order valence-corrected chi connectivity index (χ2v) is 8.19. The Balaban J connectivity index is 1.40. The second kappa shape index (κ2) is 8.23. The molecule has 1 aromatic carbocycles. The third-order valence-corrected chi connectivity index (χ3v) is 5.87. The standard InChI is InChI=1S/C23H28N4O2/c1-16(2)19-6-4-18(5-7-19)14-27-13-10-24-22(27)20-8-11-26(12-9-20)23(28)21-15-29-25-17(21)3/h4-7,10,13,15-16,20H,8-9,11-12,14H2,1-3H3. The monoisotopic (exact) mass is 392 g/mol. The number of amides is 1. The third-order valence-electron chi connectivity index (χ3n) is 5.87. The lowest BCUT2D eigenvalue weighted by Gasteiger charge is -2.31. The van der Waals surface area contributed by atoms with Crippen molar-refractivity contribution in [1.82, 2.24) is 19.6 Å². The fourth-order valence-electron chi connectivity index (χ4n) is 4.03. The van der Waals surface area contributed by atoms with Crippen molar-refractivity contribution in [3.63, 3.8) is 0 Å². The molecule has 0 saturated carbocycles. The highest BCUT2D eigenvalue weighted by Gasteiger charge is 2.28. The van der Waals surface area contributed by atoms with E-state index >= 15 is 0 Å². The van der Waals surface area contributed by atoms with Gasteiger partial charge in [-0.3, -0.25) is 4.79 Å². The van der Waals surface area contributed by atoms with Crippen LogP contribution in [-0.2, 0) is 6.54 Å². The van der Waals surface area contributed by atoms with Crippen LogP contribution in [0.4, 0.5) is 0 Å². The number of benzene rings is 1. The summed E-state index contributed by atoms with van der Waals surface area (Å²) >= 11 is 0. The van der Waals surface area contributed by atoms with Gasteiger partial charge >= 0.3 is 0 Å². The molecule has 2 aromatic heterocycles. The number of imidazole rings is 1. The third kappa shape index (κ3) is 4.11. The van der Waals surface area contributed by atoms with Crippen molar-refractivity contribution >= 4 is 5.91 Å². The van der Waals surface area contributed by atoms with E-state index in [2.05, 4.69) is 59.0 Å². The molecule has 29 heavy (non-hydrogen) atoms. The first kappa shape index (κ1) is 19.4. The Hall–Kier alpha value is -2.89. The predicted octanol–water partition coefficient (Wildman–Crippen LogP) is 4.37. The first-order valence-corrected chi connectivity index (χ1v) is 10.3. The molecule has 6 heteroatoms. The van der Waals surface area contributed by atoms with Crippen molar-refractivity contribution in [2.24, 2.45) is 0 Å². The molecule has 6 nitrogen and oxygen atoms in total. The van der Waals surface area contributed by atoms with Crippen LogP contribution in [0.5, 0.6) is 0 Å². The van der Waals surface area contributed by atoms with Gasteiger partial charge in [-0.1, -0.05) is 43.3 Å². The van der Waals surface area contributed by atoms with Crippen LogP contribution in [0.15, 0.2) is 47.4 Å². The van der Waals surface area contributed by atoms with Gasteiger partial charge in [-0.05, 0) is 36.8 Å². The van der Waals surface area contributed by atoms with Crippen LogP contribution in [0.25, 0.3) is 0 Å². The van der Waals surface area contributed by atoms with Crippen LogP contribution < -0.4 is 0 Å². The van der Waals surface area contributed by atoms with Crippen LogP contribution in [0.2, 0.25) is 0 Å². The maximum Gasteiger partial charge on any atom is 0.259 e. The average molecular weight is 393 g/mol. The first-order chi connectivity index (χ1) is 14.0. The Morgan fingerprint density at radius 2 is 1.93 bits per heavy atom. The maximum atomic E-state index is 12.7. The Bertz CT molecular complexity index is 963. The normalized spacial score (nSPS) is 15.2. The van der Waals surface area contributed by atoms with Crippen molar-refractivity contribution in [2.45, 2.75) is 52.0 Å². The highest BCUT2D eigenvalue weighted by molar-refractivity contribution is 5.94. The number of nitrogens with zero attached hydrogens (tertiary/aromatic N) is 4. The van der Waals surface area contributed by atoms with E-state index in [-0.39, 0.29) is 5.91 Å². The van der Waals surface area contributed by atoms with Gasteiger partial charge in [-0.2, -0.15) is 0 Å². The van der Waals surface area contributed by atoms with Gasteiger partial charge in [0.05, 0.1) is 5.69 Å². The number of carbonyl (C=O) groups excluding carboxylic acids is 1. The quantitative estimate of drug-likeness (QED) is 0.647. The van der Waals surface area contributed by atoms with E-state index in [9.17, 15) is 4.79 Å². The summed E-state index contributed by atoms with van der Waals surface area (Å²) in [4.78, 5) is 19.2. The summed E-state index contributed by atoms with van der Waals surface area (Å²) in [6.45, 7) is 8.50. The van der Waals surface area contributed by atoms with Crippen LogP contribution in [0, 0.1) is 6.92 Å². The Labute approximate surface area is 171 Å². The molecule has 3 heterocycles. The highest BCUT2D eigenvalue weighted by atomic mass is 16.5. The van der Waals surface area contributed by atoms with Crippen molar-refractivity contribution in [3.05, 3.63) is 71.1 Å². The fraction of sp³-hybridized carbons (Fsp3) is 0.435. The van der Waals surface area contributed by atoms with Crippen molar-refractivity contribution in [2.75, 3.05) is 13.1 Å². The van der Waals surface area contributed by atoms with Gasteiger partial charge in [-0.15, -0.1) is 0 Å². The summed E-state index contributed by atoms with van der Waals surface area (Å²) in [5.41, 5.74) is 3.86. The predicted molar refractivity (Wildman–Crippen MR) is 111 cm³/mol. The molecule has 1 saturated heterocycles. The van der Waals surface area contributed by atoms with Gasteiger partial charge in [0, 0.05) is 37.9 Å². The Morgan fingerprint density at radius 3 is 2.55 bits per heavy atom. The maximum absolute atomic E-state index is 12.7. The largest absolute Gasteiger partial charge is 0.364 e. The second-order valence-electron chi connectivity index (χ2n) is 8.19. The number of aromatic nitrogens is 3. The van der Waals surface area contributed by atoms with Crippen LogP contribution in [0.3, 0.4) is 0 Å². The lowest BCUT2D eigenvalue weighted by Crippen LogP contribution is -2.38. The zero-order valence-electron chi connectivity index (χ0n) is 17.3. The number of aryl methyl sites for hydroxylation is 1. The molecule has 0 N–H and O–H groups in total. The molecule has 152 valence electrons. The van der Waals surface area contributed by atoms with E-state index in [0.717, 1.165) is 38.3 Å². The van der Waals surface area contributed by atoms with Crippen LogP contribution in [-0.4, -0.2) is 38.6 Å². The van der Waals surface area contributed by atoms with Gasteiger partial charge in [0.15, 0.2) is 0 Å². The Kier molecular flexibility index (Phi) is 5.51. The lowest BCUT2D eigenvalue weighted by atomic mass is 9.95. The highest BCUT2D eigenvalue weighted by Crippen LogP contribution is 2.28. The Morgan fingerprint density at radius 1 is 1.21 bits per heavy atom. The zero-order valence-corrected chi connectivity index (χ0v) is 17.3. The molecule has 0 spiro atoms. The topological polar surface area (TPSA) is 64.2 Å². The van der Waals surface area contributed by atoms with Crippen LogP contribution >= 0.6 is 0 Å². The SMILES string of the molecule is Cc1nocc1C(=O)N1CCC(c2nccn2Cc2ccc(C(C)C)cc2)CC1. The summed E-state index contributed by atoms with van der Waals surface area (Å²) in [6.07, 6.45) is 7.22. The molecule has 1 amide bonds. The molecule has 3 aromatic rings. The minimum atomic E-state index is 0.00999. The molecule has 0 unspecified atom stereocenters. The average Bonchev–Trinajstić information content (AvgIpc) is 3.37. The molecule has 0 bridgehead atoms. The molecular formula is C23H28N4O2. The molecule has 1 aliphatic heterocycles.